The van der Waals surface area contributed by atoms with Gasteiger partial charge in [-0.25, -0.2) is 0 Å². The molecule has 7 rings (SSSR count). The van der Waals surface area contributed by atoms with Crippen molar-refractivity contribution in [1.82, 2.24) is 0 Å². The zero-order valence-electron chi connectivity index (χ0n) is 29.9. The van der Waals surface area contributed by atoms with Crippen LogP contribution in [0, 0.1) is 0 Å². The van der Waals surface area contributed by atoms with Crippen LogP contribution in [0.15, 0.2) is 121 Å². The van der Waals surface area contributed by atoms with Gasteiger partial charge in [0, 0.05) is 0 Å². The summed E-state index contributed by atoms with van der Waals surface area (Å²) in [7, 11) is 0. The first-order valence-corrected chi connectivity index (χ1v) is 19.0. The fraction of sp³-hybridized carbons (Fsp3) is 0.240. The minimum atomic E-state index is 1.18. The molecule has 0 saturated carbocycles. The summed E-state index contributed by atoms with van der Waals surface area (Å²) in [5.74, 6) is 0. The van der Waals surface area contributed by atoms with Gasteiger partial charge in [0.15, 0.2) is 0 Å². The molecule has 0 heterocycles. The number of hydrogen-bond donors (Lipinski definition) is 0. The van der Waals surface area contributed by atoms with E-state index >= 15 is 0 Å². The largest absolute Gasteiger partial charge is 0.0654 e. The zero-order chi connectivity index (χ0) is 34.1. The molecule has 0 nitrogen and oxygen atoms in total. The van der Waals surface area contributed by atoms with Gasteiger partial charge in [-0.3, -0.25) is 0 Å². The van der Waals surface area contributed by atoms with Crippen molar-refractivity contribution in [1.29, 1.82) is 0 Å². The maximum absolute atomic E-state index is 2.37. The molecule has 0 atom stereocenters. The second-order valence-corrected chi connectivity index (χ2v) is 14.2. The topological polar surface area (TPSA) is 0 Å². The van der Waals surface area contributed by atoms with Crippen LogP contribution in [-0.4, -0.2) is 0 Å². The highest BCUT2D eigenvalue weighted by Crippen LogP contribution is 2.27. The first kappa shape index (κ1) is 33.6. The van der Waals surface area contributed by atoms with Crippen molar-refractivity contribution in [3.8, 4) is 0 Å². The van der Waals surface area contributed by atoms with Crippen LogP contribution in [-0.2, 0) is 12.8 Å². The molecule has 50 heavy (non-hydrogen) atoms. The van der Waals surface area contributed by atoms with E-state index in [1.807, 2.05) is 0 Å². The minimum absolute atomic E-state index is 1.18. The van der Waals surface area contributed by atoms with Crippen LogP contribution >= 0.6 is 0 Å². The van der Waals surface area contributed by atoms with Crippen molar-refractivity contribution < 1.29 is 0 Å². The van der Waals surface area contributed by atoms with E-state index in [2.05, 4.69) is 159 Å². The Labute approximate surface area is 299 Å². The van der Waals surface area contributed by atoms with Crippen molar-refractivity contribution >= 4 is 67.4 Å². The second kappa shape index (κ2) is 16.2. The summed E-state index contributed by atoms with van der Waals surface area (Å²) in [5.41, 5.74) is 7.82. The van der Waals surface area contributed by atoms with Crippen molar-refractivity contribution in [3.63, 3.8) is 0 Å². The van der Waals surface area contributed by atoms with E-state index < -0.39 is 0 Å². The third-order valence-corrected chi connectivity index (χ3v) is 10.3. The third-order valence-electron chi connectivity index (χ3n) is 10.3. The number of hydrogen-bond acceptors (Lipinski definition) is 0. The van der Waals surface area contributed by atoms with Gasteiger partial charge < -0.3 is 0 Å². The van der Waals surface area contributed by atoms with Gasteiger partial charge in [0.2, 0.25) is 0 Å². The fourth-order valence-corrected chi connectivity index (χ4v) is 7.28. The zero-order valence-corrected chi connectivity index (χ0v) is 29.9. The van der Waals surface area contributed by atoms with Gasteiger partial charge >= 0.3 is 0 Å². The minimum Gasteiger partial charge on any atom is -0.0654 e. The first-order chi connectivity index (χ1) is 24.6. The van der Waals surface area contributed by atoms with Crippen LogP contribution in [0.25, 0.3) is 67.4 Å². The summed E-state index contributed by atoms with van der Waals surface area (Å²) < 4.78 is 0. The molecule has 0 spiro atoms. The predicted molar refractivity (Wildman–Crippen MR) is 223 cm³/mol. The molecule has 0 bridgehead atoms. The predicted octanol–water partition coefficient (Wildman–Crippen LogP) is 14.9. The second-order valence-electron chi connectivity index (χ2n) is 14.2. The molecular formula is C50H50. The molecule has 0 aliphatic rings. The van der Waals surface area contributed by atoms with E-state index in [1.165, 1.54) is 141 Å². The molecule has 7 aromatic carbocycles. The highest BCUT2D eigenvalue weighted by atomic mass is 14.1. The third kappa shape index (κ3) is 8.43. The number of benzene rings is 7. The lowest BCUT2D eigenvalue weighted by molar-refractivity contribution is 0.667. The van der Waals surface area contributed by atoms with Crippen molar-refractivity contribution in [3.05, 3.63) is 155 Å². The van der Waals surface area contributed by atoms with Crippen LogP contribution in [0.4, 0.5) is 0 Å². The first-order valence-electron chi connectivity index (χ1n) is 19.0. The number of rotatable bonds is 14. The Bertz CT molecular complexity index is 2130. The van der Waals surface area contributed by atoms with E-state index in [1.54, 1.807) is 0 Å². The Balaban J connectivity index is 1.02. The summed E-state index contributed by atoms with van der Waals surface area (Å²) in [4.78, 5) is 0. The molecule has 0 saturated heterocycles. The highest BCUT2D eigenvalue weighted by molar-refractivity contribution is 6.00. The summed E-state index contributed by atoms with van der Waals surface area (Å²) in [6, 6.07) is 45.8. The number of fused-ring (bicyclic) bond motifs is 4. The van der Waals surface area contributed by atoms with Crippen LogP contribution in [0.5, 0.6) is 0 Å². The molecule has 0 N–H and O–H groups in total. The van der Waals surface area contributed by atoms with Gasteiger partial charge in [0.05, 0.1) is 0 Å². The summed E-state index contributed by atoms with van der Waals surface area (Å²) in [6.45, 7) is 4.54. The number of aryl methyl sites for hydroxylation is 2. The SMILES string of the molecule is CCCCCCc1ccc2cc(/C=C/c3ccc4cc5cc(/C=C/c6ccc7cc(CCCCCC)ccc7c6)ccc5cc4c3)ccc2c1. The van der Waals surface area contributed by atoms with Crippen LogP contribution in [0.2, 0.25) is 0 Å². The Hall–Kier alpha value is -4.94. The van der Waals surface area contributed by atoms with Gasteiger partial charge in [0.25, 0.3) is 0 Å². The average Bonchev–Trinajstić information content (AvgIpc) is 3.15. The molecule has 0 amide bonds. The summed E-state index contributed by atoms with van der Waals surface area (Å²) in [5, 5.41) is 10.4. The van der Waals surface area contributed by atoms with Crippen molar-refractivity contribution in [2.75, 3.05) is 0 Å². The molecule has 0 heteroatoms. The smallest absolute Gasteiger partial charge is 0.0172 e. The molecular weight excluding hydrogens is 601 g/mol. The normalized spacial score (nSPS) is 12.0. The lowest BCUT2D eigenvalue weighted by atomic mass is 9.98. The van der Waals surface area contributed by atoms with E-state index in [4.69, 9.17) is 0 Å². The Morgan fingerprint density at radius 2 is 0.620 bits per heavy atom. The molecule has 0 aromatic heterocycles. The Morgan fingerprint density at radius 3 is 1.00 bits per heavy atom. The monoisotopic (exact) mass is 650 g/mol. The fourth-order valence-electron chi connectivity index (χ4n) is 7.28. The lowest BCUT2D eigenvalue weighted by Crippen LogP contribution is -1.86. The van der Waals surface area contributed by atoms with E-state index in [-0.39, 0.29) is 0 Å². The maximum atomic E-state index is 2.37. The van der Waals surface area contributed by atoms with E-state index in [0.29, 0.717) is 0 Å². The summed E-state index contributed by atoms with van der Waals surface area (Å²) in [6.07, 6.45) is 21.8. The molecule has 0 unspecified atom stereocenters. The molecule has 0 radical (unpaired) electrons. The Kier molecular flexibility index (Phi) is 10.9. The molecule has 0 aliphatic carbocycles. The molecule has 0 aliphatic heterocycles. The summed E-state index contributed by atoms with van der Waals surface area (Å²) >= 11 is 0. The van der Waals surface area contributed by atoms with Crippen molar-refractivity contribution in [2.45, 2.75) is 78.1 Å². The van der Waals surface area contributed by atoms with Crippen LogP contribution < -0.4 is 0 Å². The average molecular weight is 651 g/mol. The molecule has 0 fully saturated rings. The van der Waals surface area contributed by atoms with E-state index in [0.717, 1.165) is 0 Å². The van der Waals surface area contributed by atoms with Crippen LogP contribution in [0.3, 0.4) is 0 Å². The number of unbranched alkanes of at least 4 members (excludes halogenated alkanes) is 6. The van der Waals surface area contributed by atoms with Gasteiger partial charge in [-0.15, -0.1) is 0 Å². The van der Waals surface area contributed by atoms with Gasteiger partial charge in [-0.05, 0) is 139 Å². The quantitative estimate of drug-likeness (QED) is 0.0624. The Morgan fingerprint density at radius 1 is 0.300 bits per heavy atom. The van der Waals surface area contributed by atoms with Gasteiger partial charge in [-0.2, -0.15) is 0 Å². The van der Waals surface area contributed by atoms with Gasteiger partial charge in [0.1, 0.15) is 0 Å². The van der Waals surface area contributed by atoms with Crippen LogP contribution in [0.1, 0.15) is 98.6 Å². The van der Waals surface area contributed by atoms with Gasteiger partial charge in [-0.1, -0.05) is 162 Å². The van der Waals surface area contributed by atoms with E-state index in [9.17, 15) is 0 Å². The lowest BCUT2D eigenvalue weighted by Gasteiger charge is -2.06. The van der Waals surface area contributed by atoms with Crippen molar-refractivity contribution in [2.24, 2.45) is 0 Å². The molecule has 250 valence electrons. The highest BCUT2D eigenvalue weighted by Gasteiger charge is 2.03. The molecule has 7 aromatic rings. The maximum Gasteiger partial charge on any atom is -0.0172 e. The standard InChI is InChI=1S/C50H50/c1-3-5-7-9-11-37-17-23-45-31-39(19-25-43(45)29-37)13-15-41-21-27-47-36-50-34-42(22-28-48(50)35-49(47)33-41)16-14-40-20-26-44-30-38(12-10-8-6-4-2)18-24-46(44)32-40/h13-36H,3-12H2,1-2H3/b15-13+,16-14+.